The Morgan fingerprint density at radius 1 is 1.03 bits per heavy atom. The first-order valence-electron chi connectivity index (χ1n) is 8.49. The van der Waals surface area contributed by atoms with E-state index >= 15 is 0 Å². The topological polar surface area (TPSA) is 90.4 Å². The van der Waals surface area contributed by atoms with Crippen LogP contribution in [0.4, 0.5) is 5.69 Å². The fourth-order valence-corrected chi connectivity index (χ4v) is 3.16. The Morgan fingerprint density at radius 3 is 2.45 bits per heavy atom. The second-order valence-corrected chi connectivity index (χ2v) is 7.61. The normalized spacial score (nSPS) is 10.7. The number of thioether (sulfide) groups is 1. The lowest BCUT2D eigenvalue weighted by Crippen LogP contribution is -2.13. The number of benzene rings is 2. The predicted molar refractivity (Wildman–Crippen MR) is 112 cm³/mol. The van der Waals surface area contributed by atoms with E-state index in [-0.39, 0.29) is 17.6 Å². The summed E-state index contributed by atoms with van der Waals surface area (Å²) in [4.78, 5) is 12.2. The van der Waals surface area contributed by atoms with Gasteiger partial charge >= 0.3 is 0 Å². The van der Waals surface area contributed by atoms with Crippen LogP contribution in [0.2, 0.25) is 0 Å². The van der Waals surface area contributed by atoms with E-state index in [2.05, 4.69) is 31.4 Å². The van der Waals surface area contributed by atoms with Crippen molar-refractivity contribution >= 4 is 39.3 Å². The number of amides is 1. The van der Waals surface area contributed by atoms with E-state index in [1.165, 1.54) is 6.26 Å². The molecule has 0 atom stereocenters. The summed E-state index contributed by atoms with van der Waals surface area (Å²) in [5, 5.41) is 10.9. The number of hydrogen-bond acceptors (Lipinski definition) is 7. The molecule has 29 heavy (non-hydrogen) atoms. The van der Waals surface area contributed by atoms with Crippen molar-refractivity contribution in [2.24, 2.45) is 0 Å². The lowest BCUT2D eigenvalue weighted by atomic mass is 10.3. The Labute approximate surface area is 178 Å². The molecule has 0 unspecified atom stereocenters. The van der Waals surface area contributed by atoms with Crippen LogP contribution in [0.15, 0.2) is 85.5 Å². The first-order chi connectivity index (χ1) is 14.2. The van der Waals surface area contributed by atoms with Crippen LogP contribution in [0.25, 0.3) is 11.7 Å². The van der Waals surface area contributed by atoms with Gasteiger partial charge in [0.2, 0.25) is 5.91 Å². The second kappa shape index (κ2) is 8.97. The van der Waals surface area contributed by atoms with E-state index in [1.54, 1.807) is 36.4 Å². The van der Waals surface area contributed by atoms with Gasteiger partial charge in [-0.1, -0.05) is 27.7 Å². The Morgan fingerprint density at radius 2 is 1.76 bits per heavy atom. The van der Waals surface area contributed by atoms with Gasteiger partial charge in [0.05, 0.1) is 12.0 Å². The Kier molecular flexibility index (Phi) is 5.97. The molecular weight excluding hydrogens is 458 g/mol. The van der Waals surface area contributed by atoms with Crippen molar-refractivity contribution in [2.75, 3.05) is 11.1 Å². The van der Waals surface area contributed by atoms with E-state index in [9.17, 15) is 4.79 Å². The van der Waals surface area contributed by atoms with Crippen molar-refractivity contribution in [1.82, 2.24) is 10.2 Å². The van der Waals surface area contributed by atoms with Gasteiger partial charge in [-0.2, -0.15) is 0 Å². The minimum atomic E-state index is -0.186. The van der Waals surface area contributed by atoms with Crippen LogP contribution >= 0.6 is 27.7 Å². The average molecular weight is 472 g/mol. The third-order valence-electron chi connectivity index (χ3n) is 3.65. The molecule has 0 aliphatic carbocycles. The standard InChI is InChI=1S/C20H14BrN3O4S/c21-13-3-7-15(8-4-13)27-16-9-5-14(6-10-16)22-18(25)12-29-20-24-23-19(28-20)17-2-1-11-26-17/h1-11H,12H2,(H,22,25). The van der Waals surface area contributed by atoms with Crippen LogP contribution in [0.1, 0.15) is 0 Å². The molecule has 0 radical (unpaired) electrons. The highest BCUT2D eigenvalue weighted by Gasteiger charge is 2.13. The monoisotopic (exact) mass is 471 g/mol. The van der Waals surface area contributed by atoms with Gasteiger partial charge in [-0.25, -0.2) is 0 Å². The van der Waals surface area contributed by atoms with Gasteiger partial charge < -0.3 is 18.9 Å². The maximum atomic E-state index is 12.2. The molecular formula is C20H14BrN3O4S. The molecule has 4 aromatic rings. The van der Waals surface area contributed by atoms with E-state index in [1.807, 2.05) is 24.3 Å². The molecule has 2 aromatic carbocycles. The Hall–Kier alpha value is -3.04. The first kappa shape index (κ1) is 19.3. The van der Waals surface area contributed by atoms with Crippen LogP contribution < -0.4 is 10.1 Å². The number of ether oxygens (including phenoxy) is 1. The number of hydrogen-bond donors (Lipinski definition) is 1. The zero-order chi connectivity index (χ0) is 20.1. The number of rotatable bonds is 7. The van der Waals surface area contributed by atoms with Crippen LogP contribution in [-0.4, -0.2) is 21.9 Å². The van der Waals surface area contributed by atoms with Gasteiger partial charge in [-0.15, -0.1) is 10.2 Å². The summed E-state index contributed by atoms with van der Waals surface area (Å²) < 4.78 is 17.4. The average Bonchev–Trinajstić information content (AvgIpc) is 3.41. The van der Waals surface area contributed by atoms with Crippen molar-refractivity contribution in [3.63, 3.8) is 0 Å². The summed E-state index contributed by atoms with van der Waals surface area (Å²) in [6.45, 7) is 0. The van der Waals surface area contributed by atoms with Crippen LogP contribution in [0.3, 0.4) is 0 Å². The molecule has 4 rings (SSSR count). The van der Waals surface area contributed by atoms with Gasteiger partial charge in [0.15, 0.2) is 5.76 Å². The minimum absolute atomic E-state index is 0.136. The molecule has 0 fully saturated rings. The SMILES string of the molecule is O=C(CSc1nnc(-c2ccco2)o1)Nc1ccc(Oc2ccc(Br)cc2)cc1. The molecule has 0 bridgehead atoms. The third-order valence-corrected chi connectivity index (χ3v) is 5.00. The quantitative estimate of drug-likeness (QED) is 0.350. The Balaban J connectivity index is 1.27. The molecule has 9 heteroatoms. The highest BCUT2D eigenvalue weighted by molar-refractivity contribution is 9.10. The largest absolute Gasteiger partial charge is 0.459 e. The highest BCUT2D eigenvalue weighted by atomic mass is 79.9. The first-order valence-corrected chi connectivity index (χ1v) is 10.3. The number of carbonyl (C=O) groups is 1. The smallest absolute Gasteiger partial charge is 0.284 e. The summed E-state index contributed by atoms with van der Waals surface area (Å²) in [5.41, 5.74) is 0.667. The number of carbonyl (C=O) groups excluding carboxylic acids is 1. The molecule has 7 nitrogen and oxygen atoms in total. The van der Waals surface area contributed by atoms with E-state index < -0.39 is 0 Å². The summed E-state index contributed by atoms with van der Waals surface area (Å²) in [5.74, 6) is 2.12. The summed E-state index contributed by atoms with van der Waals surface area (Å²) in [6.07, 6.45) is 1.52. The molecule has 0 saturated heterocycles. The summed E-state index contributed by atoms with van der Waals surface area (Å²) in [6, 6.07) is 18.1. The maximum absolute atomic E-state index is 12.2. The molecule has 1 N–H and O–H groups in total. The zero-order valence-corrected chi connectivity index (χ0v) is 17.3. The fourth-order valence-electron chi connectivity index (χ4n) is 2.34. The number of halogens is 1. The minimum Gasteiger partial charge on any atom is -0.459 e. The van der Waals surface area contributed by atoms with E-state index in [0.29, 0.717) is 22.4 Å². The van der Waals surface area contributed by atoms with Gasteiger partial charge in [0.1, 0.15) is 11.5 Å². The number of furan rings is 1. The van der Waals surface area contributed by atoms with Crippen molar-refractivity contribution in [3.8, 4) is 23.1 Å². The van der Waals surface area contributed by atoms with E-state index in [0.717, 1.165) is 22.0 Å². The van der Waals surface area contributed by atoms with Gasteiger partial charge in [-0.3, -0.25) is 4.79 Å². The molecule has 1 amide bonds. The zero-order valence-electron chi connectivity index (χ0n) is 14.9. The van der Waals surface area contributed by atoms with Gasteiger partial charge in [0.25, 0.3) is 11.1 Å². The van der Waals surface area contributed by atoms with E-state index in [4.69, 9.17) is 13.6 Å². The number of nitrogens with zero attached hydrogens (tertiary/aromatic N) is 2. The van der Waals surface area contributed by atoms with Crippen molar-refractivity contribution in [3.05, 3.63) is 71.4 Å². The molecule has 0 spiro atoms. The van der Waals surface area contributed by atoms with Gasteiger partial charge in [-0.05, 0) is 60.7 Å². The third kappa shape index (κ3) is 5.27. The Bertz CT molecular complexity index is 1080. The van der Waals surface area contributed by atoms with Crippen LogP contribution in [0, 0.1) is 0 Å². The maximum Gasteiger partial charge on any atom is 0.284 e. The molecule has 146 valence electrons. The fraction of sp³-hybridized carbons (Fsp3) is 0.0500. The number of nitrogens with one attached hydrogen (secondary N) is 1. The van der Waals surface area contributed by atoms with Gasteiger partial charge in [0, 0.05) is 10.2 Å². The number of aromatic nitrogens is 2. The second-order valence-electron chi connectivity index (χ2n) is 5.77. The highest BCUT2D eigenvalue weighted by Crippen LogP contribution is 2.25. The predicted octanol–water partition coefficient (Wildman–Crippen LogP) is 5.62. The summed E-state index contributed by atoms with van der Waals surface area (Å²) in [7, 11) is 0. The van der Waals surface area contributed by atoms with Crippen molar-refractivity contribution in [2.45, 2.75) is 5.22 Å². The lowest BCUT2D eigenvalue weighted by molar-refractivity contribution is -0.113. The van der Waals surface area contributed by atoms with Crippen LogP contribution in [-0.2, 0) is 4.79 Å². The lowest BCUT2D eigenvalue weighted by Gasteiger charge is -2.08. The number of anilines is 1. The van der Waals surface area contributed by atoms with Crippen molar-refractivity contribution in [1.29, 1.82) is 0 Å². The molecule has 0 aliphatic heterocycles. The van der Waals surface area contributed by atoms with Crippen molar-refractivity contribution < 1.29 is 18.4 Å². The molecule has 0 aliphatic rings. The van der Waals surface area contributed by atoms with Crippen LogP contribution in [0.5, 0.6) is 11.5 Å². The molecule has 2 heterocycles. The molecule has 0 saturated carbocycles. The molecule has 2 aromatic heterocycles. The summed E-state index contributed by atoms with van der Waals surface area (Å²) >= 11 is 4.54.